The van der Waals surface area contributed by atoms with Crippen molar-refractivity contribution in [2.45, 2.75) is 19.4 Å². The Morgan fingerprint density at radius 2 is 1.71 bits per heavy atom. The summed E-state index contributed by atoms with van der Waals surface area (Å²) in [5.74, 6) is -0.0380. The van der Waals surface area contributed by atoms with Crippen molar-refractivity contribution in [1.29, 1.82) is 0 Å². The largest absolute Gasteiger partial charge is 0.350 e. The predicted octanol–water partition coefficient (Wildman–Crippen LogP) is 2.55. The predicted molar refractivity (Wildman–Crippen MR) is 85.9 cm³/mol. The van der Waals surface area contributed by atoms with Crippen molar-refractivity contribution in [1.82, 2.24) is 14.8 Å². The van der Waals surface area contributed by atoms with Crippen molar-refractivity contribution in [2.24, 2.45) is 0 Å². The van der Waals surface area contributed by atoms with E-state index in [9.17, 15) is 4.79 Å². The molecule has 0 saturated carbocycles. The van der Waals surface area contributed by atoms with Crippen molar-refractivity contribution in [3.8, 4) is 5.69 Å². The lowest BCUT2D eigenvalue weighted by Crippen LogP contribution is -2.48. The zero-order chi connectivity index (χ0) is 15.5. The summed E-state index contributed by atoms with van der Waals surface area (Å²) in [6.45, 7) is 4.81. The summed E-state index contributed by atoms with van der Waals surface area (Å²) in [4.78, 5) is 14.3. The zero-order valence-corrected chi connectivity index (χ0v) is 13.1. The number of likely N-dealkylation sites (N-methyl/N-ethyl adjacent to an activating group) is 1. The molecule has 0 atom stereocenters. The number of carbonyl (C=O) groups is 1. The van der Waals surface area contributed by atoms with E-state index in [4.69, 9.17) is 0 Å². The van der Waals surface area contributed by atoms with E-state index < -0.39 is 0 Å². The molecule has 0 aliphatic carbocycles. The van der Waals surface area contributed by atoms with Gasteiger partial charge in [-0.05, 0) is 64.3 Å². The molecule has 0 aliphatic heterocycles. The van der Waals surface area contributed by atoms with Gasteiger partial charge in [0.25, 0.3) is 5.91 Å². The van der Waals surface area contributed by atoms with Gasteiger partial charge in [-0.2, -0.15) is 0 Å². The summed E-state index contributed by atoms with van der Waals surface area (Å²) in [5.41, 5.74) is 1.66. The van der Waals surface area contributed by atoms with E-state index in [1.54, 1.807) is 0 Å². The number of benzene rings is 1. The SMILES string of the molecule is CN(C)C(C)(C)CNC(=O)c1ccc(-n2cccc2)cc1. The van der Waals surface area contributed by atoms with E-state index in [0.29, 0.717) is 12.1 Å². The standard InChI is InChI=1S/C17H23N3O/c1-17(2,19(3)4)13-18-16(21)14-7-9-15(10-8-14)20-11-5-6-12-20/h5-12H,13H2,1-4H3,(H,18,21). The molecule has 0 bridgehead atoms. The van der Waals surface area contributed by atoms with Gasteiger partial charge in [-0.3, -0.25) is 4.79 Å². The average Bonchev–Trinajstić information content (AvgIpc) is 2.99. The minimum absolute atomic E-state index is 0.0380. The maximum atomic E-state index is 12.2. The van der Waals surface area contributed by atoms with Crippen molar-refractivity contribution in [3.63, 3.8) is 0 Å². The maximum Gasteiger partial charge on any atom is 0.251 e. The zero-order valence-electron chi connectivity index (χ0n) is 13.1. The van der Waals surface area contributed by atoms with Crippen LogP contribution in [0.15, 0.2) is 48.8 Å². The highest BCUT2D eigenvalue weighted by molar-refractivity contribution is 5.94. The molecule has 2 aromatic rings. The number of carbonyl (C=O) groups excluding carboxylic acids is 1. The first-order valence-corrected chi connectivity index (χ1v) is 7.09. The molecule has 2 rings (SSSR count). The van der Waals surface area contributed by atoms with Gasteiger partial charge in [-0.25, -0.2) is 0 Å². The minimum Gasteiger partial charge on any atom is -0.350 e. The molecule has 1 aromatic heterocycles. The van der Waals surface area contributed by atoms with E-state index >= 15 is 0 Å². The summed E-state index contributed by atoms with van der Waals surface area (Å²) in [6, 6.07) is 11.6. The lowest BCUT2D eigenvalue weighted by Gasteiger charge is -2.32. The van der Waals surface area contributed by atoms with Crippen molar-refractivity contribution >= 4 is 5.91 Å². The van der Waals surface area contributed by atoms with Gasteiger partial charge in [-0.1, -0.05) is 0 Å². The highest BCUT2D eigenvalue weighted by atomic mass is 16.1. The van der Waals surface area contributed by atoms with E-state index in [-0.39, 0.29) is 11.4 Å². The molecule has 21 heavy (non-hydrogen) atoms. The third-order valence-electron chi connectivity index (χ3n) is 3.92. The fourth-order valence-corrected chi connectivity index (χ4v) is 1.85. The second-order valence-corrected chi connectivity index (χ2v) is 6.03. The molecule has 1 amide bonds. The van der Waals surface area contributed by atoms with Crippen LogP contribution >= 0.6 is 0 Å². The second-order valence-electron chi connectivity index (χ2n) is 6.03. The third kappa shape index (κ3) is 3.73. The summed E-state index contributed by atoms with van der Waals surface area (Å²) >= 11 is 0. The summed E-state index contributed by atoms with van der Waals surface area (Å²) in [6.07, 6.45) is 3.96. The molecule has 0 fully saturated rings. The van der Waals surface area contributed by atoms with Crippen LogP contribution in [0.3, 0.4) is 0 Å². The van der Waals surface area contributed by atoms with Gasteiger partial charge in [0.05, 0.1) is 0 Å². The number of hydrogen-bond acceptors (Lipinski definition) is 2. The van der Waals surface area contributed by atoms with Gasteiger partial charge < -0.3 is 14.8 Å². The monoisotopic (exact) mass is 285 g/mol. The van der Waals surface area contributed by atoms with E-state index in [2.05, 4.69) is 24.1 Å². The van der Waals surface area contributed by atoms with Crippen LogP contribution in [-0.4, -0.2) is 41.6 Å². The normalized spacial score (nSPS) is 11.7. The quantitative estimate of drug-likeness (QED) is 0.916. The Bertz CT molecular complexity index is 583. The molecule has 0 unspecified atom stereocenters. The van der Waals surface area contributed by atoms with Gasteiger partial charge >= 0.3 is 0 Å². The highest BCUT2D eigenvalue weighted by Gasteiger charge is 2.21. The van der Waals surface area contributed by atoms with Crippen LogP contribution in [0.1, 0.15) is 24.2 Å². The molecular weight excluding hydrogens is 262 g/mol. The molecular formula is C17H23N3O. The van der Waals surface area contributed by atoms with Gasteiger partial charge in [-0.15, -0.1) is 0 Å². The number of nitrogens with zero attached hydrogens (tertiary/aromatic N) is 2. The molecule has 4 heteroatoms. The fourth-order valence-electron chi connectivity index (χ4n) is 1.85. The molecule has 1 heterocycles. The average molecular weight is 285 g/mol. The topological polar surface area (TPSA) is 37.3 Å². The van der Waals surface area contributed by atoms with Crippen LogP contribution < -0.4 is 5.32 Å². The molecule has 1 aromatic carbocycles. The van der Waals surface area contributed by atoms with Crippen LogP contribution in [0.25, 0.3) is 5.69 Å². The van der Waals surface area contributed by atoms with Crippen LogP contribution in [-0.2, 0) is 0 Å². The highest BCUT2D eigenvalue weighted by Crippen LogP contribution is 2.11. The Morgan fingerprint density at radius 3 is 2.24 bits per heavy atom. The molecule has 0 saturated heterocycles. The van der Waals surface area contributed by atoms with Crippen molar-refractivity contribution in [3.05, 3.63) is 54.4 Å². The summed E-state index contributed by atoms with van der Waals surface area (Å²) < 4.78 is 2.01. The Labute approximate surface area is 126 Å². The molecule has 0 aliphatic rings. The minimum atomic E-state index is -0.0687. The van der Waals surface area contributed by atoms with Crippen LogP contribution in [0.4, 0.5) is 0 Å². The first-order valence-electron chi connectivity index (χ1n) is 7.09. The molecule has 1 N–H and O–H groups in total. The Morgan fingerprint density at radius 1 is 1.14 bits per heavy atom. The molecule has 4 nitrogen and oxygen atoms in total. The van der Waals surface area contributed by atoms with Crippen LogP contribution in [0.2, 0.25) is 0 Å². The Hall–Kier alpha value is -2.07. The number of rotatable bonds is 5. The number of hydrogen-bond donors (Lipinski definition) is 1. The van der Waals surface area contributed by atoms with Crippen molar-refractivity contribution in [2.75, 3.05) is 20.6 Å². The van der Waals surface area contributed by atoms with E-state index in [1.165, 1.54) is 0 Å². The van der Waals surface area contributed by atoms with Gasteiger partial charge in [0, 0.05) is 35.7 Å². The third-order valence-corrected chi connectivity index (χ3v) is 3.92. The number of nitrogens with one attached hydrogen (secondary N) is 1. The lowest BCUT2D eigenvalue weighted by atomic mass is 10.0. The second kappa shape index (κ2) is 6.14. The fraction of sp³-hybridized carbons (Fsp3) is 0.353. The van der Waals surface area contributed by atoms with Gasteiger partial charge in [0.2, 0.25) is 0 Å². The van der Waals surface area contributed by atoms with E-state index in [0.717, 1.165) is 5.69 Å². The smallest absolute Gasteiger partial charge is 0.251 e. The van der Waals surface area contributed by atoms with Gasteiger partial charge in [0.1, 0.15) is 0 Å². The lowest BCUT2D eigenvalue weighted by molar-refractivity contribution is 0.0919. The number of amides is 1. The summed E-state index contributed by atoms with van der Waals surface area (Å²) in [7, 11) is 4.02. The molecule has 0 spiro atoms. The first-order chi connectivity index (χ1) is 9.90. The van der Waals surface area contributed by atoms with Crippen LogP contribution in [0.5, 0.6) is 0 Å². The van der Waals surface area contributed by atoms with Crippen LogP contribution in [0, 0.1) is 0 Å². The molecule has 112 valence electrons. The Kier molecular flexibility index (Phi) is 4.48. The molecule has 0 radical (unpaired) electrons. The first kappa shape index (κ1) is 15.3. The van der Waals surface area contributed by atoms with E-state index in [1.807, 2.05) is 67.5 Å². The van der Waals surface area contributed by atoms with Gasteiger partial charge in [0.15, 0.2) is 0 Å². The Balaban J connectivity index is 2.01. The maximum absolute atomic E-state index is 12.2. The van der Waals surface area contributed by atoms with Crippen molar-refractivity contribution < 1.29 is 4.79 Å². The summed E-state index contributed by atoms with van der Waals surface area (Å²) in [5, 5.41) is 2.99. The number of aromatic nitrogens is 1.